The highest BCUT2D eigenvalue weighted by molar-refractivity contribution is 4.95. The third kappa shape index (κ3) is 2.65. The number of hydrogen-bond donors (Lipinski definition) is 2. The third-order valence-electron chi connectivity index (χ3n) is 4.35. The monoisotopic (exact) mass is 242 g/mol. The molecule has 1 aliphatic carbocycles. The summed E-state index contributed by atoms with van der Waals surface area (Å²) in [5.74, 6) is 0.398. The van der Waals surface area contributed by atoms with Gasteiger partial charge in [-0.3, -0.25) is 4.90 Å². The molecule has 0 spiro atoms. The van der Waals surface area contributed by atoms with Crippen molar-refractivity contribution < 1.29 is 9.84 Å². The molecule has 1 saturated carbocycles. The van der Waals surface area contributed by atoms with E-state index in [-0.39, 0.29) is 18.7 Å². The van der Waals surface area contributed by atoms with Crippen LogP contribution in [0.4, 0.5) is 0 Å². The Kier molecular flexibility index (Phi) is 4.42. The Morgan fingerprint density at radius 3 is 2.82 bits per heavy atom. The summed E-state index contributed by atoms with van der Waals surface area (Å²) in [6.07, 6.45) is 3.96. The Labute approximate surface area is 104 Å². The predicted molar refractivity (Wildman–Crippen MR) is 67.8 cm³/mol. The van der Waals surface area contributed by atoms with E-state index in [1.807, 2.05) is 0 Å². The molecule has 2 aliphatic rings. The van der Waals surface area contributed by atoms with E-state index >= 15 is 0 Å². The van der Waals surface area contributed by atoms with Gasteiger partial charge in [-0.1, -0.05) is 13.8 Å². The molecule has 0 aromatic rings. The second kappa shape index (κ2) is 5.65. The molecule has 100 valence electrons. The molecule has 1 saturated heterocycles. The van der Waals surface area contributed by atoms with Crippen molar-refractivity contribution in [1.29, 1.82) is 0 Å². The van der Waals surface area contributed by atoms with Gasteiger partial charge in [-0.05, 0) is 25.2 Å². The molecule has 0 radical (unpaired) electrons. The number of morpholine rings is 1. The number of ether oxygens (including phenoxy) is 1. The number of rotatable bonds is 4. The van der Waals surface area contributed by atoms with Crippen LogP contribution < -0.4 is 5.73 Å². The third-order valence-corrected chi connectivity index (χ3v) is 4.35. The first-order chi connectivity index (χ1) is 8.15. The molecule has 17 heavy (non-hydrogen) atoms. The van der Waals surface area contributed by atoms with Gasteiger partial charge >= 0.3 is 0 Å². The van der Waals surface area contributed by atoms with Gasteiger partial charge in [-0.25, -0.2) is 0 Å². The van der Waals surface area contributed by atoms with E-state index in [0.29, 0.717) is 18.1 Å². The van der Waals surface area contributed by atoms with Crippen molar-refractivity contribution in [2.75, 3.05) is 19.8 Å². The molecule has 0 aromatic carbocycles. The normalized spacial score (nSPS) is 33.7. The van der Waals surface area contributed by atoms with Crippen molar-refractivity contribution in [3.63, 3.8) is 0 Å². The fourth-order valence-electron chi connectivity index (χ4n) is 3.26. The smallest absolute Gasteiger partial charge is 0.0731 e. The lowest BCUT2D eigenvalue weighted by atomic mass is 9.94. The van der Waals surface area contributed by atoms with Gasteiger partial charge in [0, 0.05) is 24.7 Å². The van der Waals surface area contributed by atoms with Gasteiger partial charge in [0.25, 0.3) is 0 Å². The Balaban J connectivity index is 2.07. The average molecular weight is 242 g/mol. The maximum Gasteiger partial charge on any atom is 0.0731 e. The maximum absolute atomic E-state index is 9.66. The highest BCUT2D eigenvalue weighted by Gasteiger charge is 2.40. The predicted octanol–water partition coefficient (Wildman–Crippen LogP) is 0.584. The summed E-state index contributed by atoms with van der Waals surface area (Å²) in [5, 5.41) is 9.66. The van der Waals surface area contributed by atoms with E-state index in [9.17, 15) is 5.11 Å². The Morgan fingerprint density at radius 1 is 1.41 bits per heavy atom. The van der Waals surface area contributed by atoms with E-state index in [2.05, 4.69) is 18.7 Å². The maximum atomic E-state index is 9.66. The zero-order valence-corrected chi connectivity index (χ0v) is 11.0. The minimum Gasteiger partial charge on any atom is -0.395 e. The second-order valence-corrected chi connectivity index (χ2v) is 5.72. The molecule has 3 N–H and O–H groups in total. The number of aliphatic hydroxyl groups is 1. The van der Waals surface area contributed by atoms with Crippen LogP contribution in [-0.2, 0) is 4.74 Å². The number of nitrogens with two attached hydrogens (primary N) is 1. The van der Waals surface area contributed by atoms with Crippen LogP contribution in [0.3, 0.4) is 0 Å². The van der Waals surface area contributed by atoms with E-state index in [4.69, 9.17) is 10.5 Å². The van der Waals surface area contributed by atoms with Gasteiger partial charge < -0.3 is 15.6 Å². The number of aliphatic hydroxyl groups excluding tert-OH is 1. The summed E-state index contributed by atoms with van der Waals surface area (Å²) in [6, 6.07) is 0.606. The fourth-order valence-corrected chi connectivity index (χ4v) is 3.26. The Hall–Kier alpha value is -0.160. The van der Waals surface area contributed by atoms with Crippen molar-refractivity contribution in [3.8, 4) is 0 Å². The van der Waals surface area contributed by atoms with Crippen LogP contribution in [0.25, 0.3) is 0 Å². The summed E-state index contributed by atoms with van der Waals surface area (Å²) in [5.41, 5.74) is 6.24. The van der Waals surface area contributed by atoms with Crippen LogP contribution in [0.1, 0.15) is 33.1 Å². The van der Waals surface area contributed by atoms with E-state index < -0.39 is 0 Å². The van der Waals surface area contributed by atoms with E-state index in [1.54, 1.807) is 0 Å². The van der Waals surface area contributed by atoms with Crippen molar-refractivity contribution in [3.05, 3.63) is 0 Å². The highest BCUT2D eigenvalue weighted by atomic mass is 16.5. The first-order valence-electron chi connectivity index (χ1n) is 6.89. The molecule has 0 aromatic heterocycles. The first kappa shape index (κ1) is 13.3. The van der Waals surface area contributed by atoms with Gasteiger partial charge in [0.05, 0.1) is 19.3 Å². The lowest BCUT2D eigenvalue weighted by Crippen LogP contribution is -2.60. The van der Waals surface area contributed by atoms with Crippen molar-refractivity contribution in [1.82, 2.24) is 4.90 Å². The number of nitrogens with zero attached hydrogens (tertiary/aromatic N) is 1. The van der Waals surface area contributed by atoms with Crippen LogP contribution in [0.5, 0.6) is 0 Å². The zero-order valence-electron chi connectivity index (χ0n) is 11.0. The topological polar surface area (TPSA) is 58.7 Å². The molecule has 4 atom stereocenters. The van der Waals surface area contributed by atoms with E-state index in [1.165, 1.54) is 12.8 Å². The second-order valence-electron chi connectivity index (χ2n) is 5.72. The molecule has 1 aliphatic heterocycles. The van der Waals surface area contributed by atoms with Crippen LogP contribution in [-0.4, -0.2) is 54.0 Å². The quantitative estimate of drug-likeness (QED) is 0.757. The van der Waals surface area contributed by atoms with Crippen LogP contribution >= 0.6 is 0 Å². The van der Waals surface area contributed by atoms with E-state index in [0.717, 1.165) is 19.6 Å². The van der Waals surface area contributed by atoms with Crippen molar-refractivity contribution in [2.45, 2.75) is 57.3 Å². The van der Waals surface area contributed by atoms with Crippen LogP contribution in [0.15, 0.2) is 0 Å². The SMILES string of the molecule is CC(C)C(N)C(CO)N1CCOC2CCCC21. The number of fused-ring (bicyclic) bond motifs is 1. The van der Waals surface area contributed by atoms with Gasteiger partial charge in [0.2, 0.25) is 0 Å². The minimum absolute atomic E-state index is 0.0411. The van der Waals surface area contributed by atoms with Crippen LogP contribution in [0.2, 0.25) is 0 Å². The van der Waals surface area contributed by atoms with Gasteiger partial charge in [-0.15, -0.1) is 0 Å². The fraction of sp³-hybridized carbons (Fsp3) is 1.00. The molecule has 2 rings (SSSR count). The first-order valence-corrected chi connectivity index (χ1v) is 6.89. The standard InChI is InChI=1S/C13H26N2O2/c1-9(2)13(14)11(8-16)15-6-7-17-12-5-3-4-10(12)15/h9-13,16H,3-8,14H2,1-2H3. The largest absolute Gasteiger partial charge is 0.395 e. The molecular formula is C13H26N2O2. The molecule has 1 heterocycles. The van der Waals surface area contributed by atoms with Crippen molar-refractivity contribution in [2.24, 2.45) is 11.7 Å². The summed E-state index contributed by atoms with van der Waals surface area (Å²) in [4.78, 5) is 2.41. The highest BCUT2D eigenvalue weighted by Crippen LogP contribution is 2.31. The molecule has 0 bridgehead atoms. The average Bonchev–Trinajstić information content (AvgIpc) is 2.78. The summed E-state index contributed by atoms with van der Waals surface area (Å²) in [7, 11) is 0. The lowest BCUT2D eigenvalue weighted by molar-refractivity contribution is -0.0847. The molecule has 0 amide bonds. The molecule has 4 unspecified atom stereocenters. The van der Waals surface area contributed by atoms with Crippen LogP contribution in [0, 0.1) is 5.92 Å². The Morgan fingerprint density at radius 2 is 2.18 bits per heavy atom. The summed E-state index contributed by atoms with van der Waals surface area (Å²) in [6.45, 7) is 6.09. The van der Waals surface area contributed by atoms with Crippen molar-refractivity contribution >= 4 is 0 Å². The van der Waals surface area contributed by atoms with Gasteiger partial charge in [0.15, 0.2) is 0 Å². The minimum atomic E-state index is 0.0411. The van der Waals surface area contributed by atoms with Gasteiger partial charge in [0.1, 0.15) is 0 Å². The summed E-state index contributed by atoms with van der Waals surface area (Å²) < 4.78 is 5.80. The lowest BCUT2D eigenvalue weighted by Gasteiger charge is -2.44. The molecule has 4 nitrogen and oxygen atoms in total. The molecular weight excluding hydrogens is 216 g/mol. The molecule has 4 heteroatoms. The molecule has 2 fully saturated rings. The summed E-state index contributed by atoms with van der Waals surface area (Å²) >= 11 is 0. The van der Waals surface area contributed by atoms with Gasteiger partial charge in [-0.2, -0.15) is 0 Å². The zero-order chi connectivity index (χ0) is 12.4. The number of hydrogen-bond acceptors (Lipinski definition) is 4. The Bertz CT molecular complexity index is 248.